The summed E-state index contributed by atoms with van der Waals surface area (Å²) >= 11 is 0. The van der Waals surface area contributed by atoms with E-state index in [2.05, 4.69) is 4.28 Å². The van der Waals surface area contributed by atoms with Crippen molar-refractivity contribution in [3.63, 3.8) is 0 Å². The van der Waals surface area contributed by atoms with E-state index in [1.54, 1.807) is 0 Å². The van der Waals surface area contributed by atoms with E-state index in [0.29, 0.717) is 25.8 Å². The van der Waals surface area contributed by atoms with E-state index in [-0.39, 0.29) is 11.7 Å². The molecule has 0 spiro atoms. The van der Waals surface area contributed by atoms with Crippen LogP contribution in [0.4, 0.5) is 0 Å². The van der Waals surface area contributed by atoms with Crippen LogP contribution in [0.1, 0.15) is 32.6 Å². The van der Waals surface area contributed by atoms with Gasteiger partial charge in [0.2, 0.25) is 5.91 Å². The summed E-state index contributed by atoms with van der Waals surface area (Å²) in [6.07, 6.45) is 2.40. The molecule has 0 aromatic carbocycles. The van der Waals surface area contributed by atoms with Crippen molar-refractivity contribution in [1.29, 1.82) is 0 Å². The number of hydrogen-bond acceptors (Lipinski definition) is 4. The Morgan fingerprint density at radius 2 is 2.21 bits per heavy atom. The second-order valence-corrected chi connectivity index (χ2v) is 4.96. The van der Waals surface area contributed by atoms with Crippen molar-refractivity contribution in [2.24, 2.45) is 0 Å². The fraction of sp³-hybridized carbons (Fsp3) is 0.875. The Kier molecular flexibility index (Phi) is 3.88. The van der Waals surface area contributed by atoms with E-state index in [1.165, 1.54) is 0 Å². The maximum Gasteiger partial charge on any atom is 0.288 e. The molecule has 0 aromatic heterocycles. The zero-order chi connectivity index (χ0) is 10.6. The van der Waals surface area contributed by atoms with Gasteiger partial charge in [-0.05, 0) is 12.8 Å². The molecule has 82 valence electrons. The number of carbonyl (C=O) groups is 1. The Bertz CT molecular complexity index is 298. The minimum atomic E-state index is -3.55. The minimum Gasteiger partial charge on any atom is -0.273 e. The molecule has 1 amide bonds. The second kappa shape index (κ2) is 4.75. The molecule has 1 aliphatic heterocycles. The van der Waals surface area contributed by atoms with Gasteiger partial charge in [-0.25, -0.2) is 5.06 Å². The van der Waals surface area contributed by atoms with Crippen molar-refractivity contribution in [2.45, 2.75) is 32.6 Å². The summed E-state index contributed by atoms with van der Waals surface area (Å²) in [5.74, 6) is -0.266. The fourth-order valence-corrected chi connectivity index (χ4v) is 2.35. The Hall–Kier alpha value is -0.620. The Morgan fingerprint density at radius 3 is 2.71 bits per heavy atom. The highest BCUT2D eigenvalue weighted by molar-refractivity contribution is 7.86. The van der Waals surface area contributed by atoms with Gasteiger partial charge in [0.25, 0.3) is 10.1 Å². The van der Waals surface area contributed by atoms with Crippen molar-refractivity contribution in [3.05, 3.63) is 0 Å². The first-order chi connectivity index (χ1) is 6.55. The van der Waals surface area contributed by atoms with E-state index in [0.717, 1.165) is 11.5 Å². The number of nitrogens with zero attached hydrogens (tertiary/aromatic N) is 1. The smallest absolute Gasteiger partial charge is 0.273 e. The van der Waals surface area contributed by atoms with Gasteiger partial charge >= 0.3 is 0 Å². The molecule has 0 radical (unpaired) electrons. The molecular formula is C8H15NO4S. The van der Waals surface area contributed by atoms with E-state index in [9.17, 15) is 13.2 Å². The van der Waals surface area contributed by atoms with Crippen molar-refractivity contribution < 1.29 is 17.5 Å². The highest BCUT2D eigenvalue weighted by Gasteiger charge is 2.26. The summed E-state index contributed by atoms with van der Waals surface area (Å²) in [6, 6.07) is 0. The van der Waals surface area contributed by atoms with Gasteiger partial charge in [0.05, 0.1) is 12.3 Å². The first kappa shape index (κ1) is 11.5. The van der Waals surface area contributed by atoms with Crippen LogP contribution in [-0.4, -0.2) is 31.7 Å². The maximum atomic E-state index is 11.3. The molecule has 0 aromatic rings. The molecule has 1 rings (SSSR count). The van der Waals surface area contributed by atoms with Crippen LogP contribution in [-0.2, 0) is 19.2 Å². The van der Waals surface area contributed by atoms with E-state index >= 15 is 0 Å². The SMILES string of the molecule is CCCCS(=O)(=O)ON1CCCC1=O. The van der Waals surface area contributed by atoms with E-state index in [4.69, 9.17) is 0 Å². The number of carbonyl (C=O) groups excluding carboxylic acids is 1. The third kappa shape index (κ3) is 3.26. The topological polar surface area (TPSA) is 63.7 Å². The number of hydroxylamine groups is 2. The van der Waals surface area contributed by atoms with Crippen LogP contribution in [0.25, 0.3) is 0 Å². The van der Waals surface area contributed by atoms with E-state index < -0.39 is 10.1 Å². The molecular weight excluding hydrogens is 206 g/mol. The maximum absolute atomic E-state index is 11.3. The number of hydrogen-bond donors (Lipinski definition) is 0. The molecule has 1 heterocycles. The highest BCUT2D eigenvalue weighted by Crippen LogP contribution is 2.13. The van der Waals surface area contributed by atoms with Crippen molar-refractivity contribution in [1.82, 2.24) is 5.06 Å². The van der Waals surface area contributed by atoms with Gasteiger partial charge in [-0.1, -0.05) is 13.3 Å². The van der Waals surface area contributed by atoms with Gasteiger partial charge < -0.3 is 0 Å². The van der Waals surface area contributed by atoms with Gasteiger partial charge in [0.15, 0.2) is 0 Å². The van der Waals surface area contributed by atoms with Crippen LogP contribution >= 0.6 is 0 Å². The van der Waals surface area contributed by atoms with Crippen LogP contribution in [0, 0.1) is 0 Å². The summed E-state index contributed by atoms with van der Waals surface area (Å²) < 4.78 is 27.2. The lowest BCUT2D eigenvalue weighted by atomic mass is 10.4. The van der Waals surface area contributed by atoms with Gasteiger partial charge in [0.1, 0.15) is 0 Å². The number of amides is 1. The minimum absolute atomic E-state index is 0.0206. The summed E-state index contributed by atoms with van der Waals surface area (Å²) in [5, 5.41) is 0.949. The monoisotopic (exact) mass is 221 g/mol. The van der Waals surface area contributed by atoms with Crippen LogP contribution in [0.2, 0.25) is 0 Å². The molecule has 0 unspecified atom stereocenters. The predicted octanol–water partition coefficient (Wildman–Crippen LogP) is 0.670. The second-order valence-electron chi connectivity index (χ2n) is 3.29. The predicted molar refractivity (Wildman–Crippen MR) is 50.7 cm³/mol. The Morgan fingerprint density at radius 1 is 1.50 bits per heavy atom. The summed E-state index contributed by atoms with van der Waals surface area (Å²) in [7, 11) is -3.55. The van der Waals surface area contributed by atoms with Gasteiger partial charge in [-0.15, -0.1) is 4.28 Å². The molecule has 0 aliphatic carbocycles. The van der Waals surface area contributed by atoms with Crippen LogP contribution in [0.5, 0.6) is 0 Å². The Balaban J connectivity index is 2.46. The fourth-order valence-electron chi connectivity index (χ4n) is 1.20. The summed E-state index contributed by atoms with van der Waals surface area (Å²) in [4.78, 5) is 11.1. The summed E-state index contributed by atoms with van der Waals surface area (Å²) in [5.41, 5.74) is 0. The zero-order valence-corrected chi connectivity index (χ0v) is 9.05. The van der Waals surface area contributed by atoms with Gasteiger partial charge in [0, 0.05) is 6.42 Å². The van der Waals surface area contributed by atoms with Gasteiger partial charge in [-0.2, -0.15) is 8.42 Å². The van der Waals surface area contributed by atoms with Crippen molar-refractivity contribution >= 4 is 16.0 Å². The van der Waals surface area contributed by atoms with Gasteiger partial charge in [-0.3, -0.25) is 4.79 Å². The molecule has 5 nitrogen and oxygen atoms in total. The zero-order valence-electron chi connectivity index (χ0n) is 8.23. The molecule has 14 heavy (non-hydrogen) atoms. The molecule has 0 atom stereocenters. The third-order valence-corrected chi connectivity index (χ3v) is 3.18. The lowest BCUT2D eigenvalue weighted by molar-refractivity contribution is -0.149. The van der Waals surface area contributed by atoms with Crippen molar-refractivity contribution in [2.75, 3.05) is 12.3 Å². The Labute approximate surface area is 84.1 Å². The highest BCUT2D eigenvalue weighted by atomic mass is 32.2. The normalized spacial score (nSPS) is 17.8. The molecule has 0 saturated carbocycles. The lowest BCUT2D eigenvalue weighted by Crippen LogP contribution is -2.29. The molecule has 1 saturated heterocycles. The number of unbranched alkanes of at least 4 members (excludes halogenated alkanes) is 1. The average Bonchev–Trinajstić information content (AvgIpc) is 2.48. The quantitative estimate of drug-likeness (QED) is 0.684. The molecule has 6 heteroatoms. The molecule has 1 fully saturated rings. The summed E-state index contributed by atoms with van der Waals surface area (Å²) in [6.45, 7) is 2.28. The first-order valence-corrected chi connectivity index (χ1v) is 6.35. The molecule has 0 N–H and O–H groups in total. The average molecular weight is 221 g/mol. The largest absolute Gasteiger partial charge is 0.288 e. The van der Waals surface area contributed by atoms with E-state index in [1.807, 2.05) is 6.92 Å². The molecule has 1 aliphatic rings. The van der Waals surface area contributed by atoms with Crippen LogP contribution in [0.15, 0.2) is 0 Å². The van der Waals surface area contributed by atoms with Crippen LogP contribution in [0.3, 0.4) is 0 Å². The van der Waals surface area contributed by atoms with Crippen molar-refractivity contribution in [3.8, 4) is 0 Å². The molecule has 0 bridgehead atoms. The number of rotatable bonds is 5. The third-order valence-electron chi connectivity index (χ3n) is 1.98. The lowest BCUT2D eigenvalue weighted by Gasteiger charge is -2.13. The first-order valence-electron chi connectivity index (χ1n) is 4.78. The standard InChI is InChI=1S/C8H15NO4S/c1-2-3-7-14(11,12)13-9-6-4-5-8(9)10/h2-7H2,1H3. The van der Waals surface area contributed by atoms with Crippen LogP contribution < -0.4 is 0 Å².